The molecule has 2 nitrogen and oxygen atoms in total. The summed E-state index contributed by atoms with van der Waals surface area (Å²) in [5.41, 5.74) is 2.79. The van der Waals surface area contributed by atoms with Crippen LogP contribution in [0.1, 0.15) is 131 Å². The highest BCUT2D eigenvalue weighted by Gasteiger charge is 2.59. The highest BCUT2D eigenvalue weighted by molar-refractivity contribution is 5.25. The van der Waals surface area contributed by atoms with E-state index in [2.05, 4.69) is 40.7 Å². The van der Waals surface area contributed by atoms with Gasteiger partial charge in [-0.25, -0.2) is 0 Å². The highest BCUT2D eigenvalue weighted by Crippen LogP contribution is 2.67. The third kappa shape index (κ3) is 5.89. The molecule has 0 amide bonds. The van der Waals surface area contributed by atoms with Gasteiger partial charge in [0.25, 0.3) is 0 Å². The fourth-order valence-electron chi connectivity index (χ4n) is 9.61. The lowest BCUT2D eigenvalue weighted by atomic mass is 9.47. The van der Waals surface area contributed by atoms with Gasteiger partial charge >= 0.3 is 0 Å². The highest BCUT2D eigenvalue weighted by atomic mass is 16.5. The molecular formula is C33H58O2. The Bertz CT molecular complexity index is 697. The van der Waals surface area contributed by atoms with Gasteiger partial charge < -0.3 is 9.84 Å². The summed E-state index contributed by atoms with van der Waals surface area (Å²) >= 11 is 0. The monoisotopic (exact) mass is 486 g/mol. The Morgan fingerprint density at radius 2 is 1.71 bits per heavy atom. The summed E-state index contributed by atoms with van der Waals surface area (Å²) < 4.78 is 6.36. The molecule has 202 valence electrons. The zero-order valence-electron chi connectivity index (χ0n) is 24.0. The molecule has 4 aliphatic carbocycles. The van der Waals surface area contributed by atoms with E-state index in [4.69, 9.17) is 9.84 Å². The van der Waals surface area contributed by atoms with Crippen LogP contribution in [0.2, 0.25) is 0 Å². The zero-order chi connectivity index (χ0) is 25.1. The van der Waals surface area contributed by atoms with Gasteiger partial charge in [-0.3, -0.25) is 0 Å². The first-order valence-corrected chi connectivity index (χ1v) is 15.7. The second-order valence-corrected chi connectivity index (χ2v) is 14.2. The third-order valence-electron chi connectivity index (χ3n) is 11.7. The molecular weight excluding hydrogens is 428 g/mol. The van der Waals surface area contributed by atoms with Gasteiger partial charge in [-0.15, -0.1) is 0 Å². The standard InChI is InChI=1S/C33H58O2/c1-24(2)11-10-12-25(3)29-15-16-30-28-14-13-26-23-27(35-22-9-7-6-8-21-34)17-19-32(26,4)31(28)18-20-33(29,30)5/h13,24-25,27-31,34H,6-12,14-23H2,1-5H3/t25-,27+,28?,29-,30?,31?,32+,33-/m1/s1. The molecule has 0 aromatic rings. The van der Waals surface area contributed by atoms with Gasteiger partial charge in [0.15, 0.2) is 0 Å². The van der Waals surface area contributed by atoms with Crippen molar-refractivity contribution in [3.8, 4) is 0 Å². The van der Waals surface area contributed by atoms with Crippen molar-refractivity contribution in [2.75, 3.05) is 13.2 Å². The van der Waals surface area contributed by atoms with Gasteiger partial charge in [-0.2, -0.15) is 0 Å². The van der Waals surface area contributed by atoms with Crippen LogP contribution in [0.5, 0.6) is 0 Å². The number of fused-ring (bicyclic) bond motifs is 5. The van der Waals surface area contributed by atoms with Gasteiger partial charge in [0.2, 0.25) is 0 Å². The molecule has 2 heteroatoms. The van der Waals surface area contributed by atoms with Crippen molar-refractivity contribution >= 4 is 0 Å². The summed E-state index contributed by atoms with van der Waals surface area (Å²) in [5, 5.41) is 8.95. The zero-order valence-corrected chi connectivity index (χ0v) is 24.0. The van der Waals surface area contributed by atoms with Gasteiger partial charge in [0.1, 0.15) is 0 Å². The van der Waals surface area contributed by atoms with Gasteiger partial charge in [0, 0.05) is 13.2 Å². The van der Waals surface area contributed by atoms with Crippen LogP contribution in [0.4, 0.5) is 0 Å². The number of ether oxygens (including phenoxy) is 1. The van der Waals surface area contributed by atoms with E-state index < -0.39 is 0 Å². The van der Waals surface area contributed by atoms with E-state index in [0.717, 1.165) is 61.4 Å². The average Bonchev–Trinajstić information content (AvgIpc) is 3.18. The minimum atomic E-state index is 0.330. The first-order valence-electron chi connectivity index (χ1n) is 15.7. The predicted octanol–water partition coefficient (Wildman–Crippen LogP) is 8.97. The number of aliphatic hydroxyl groups is 1. The lowest BCUT2D eigenvalue weighted by molar-refractivity contribution is -0.0641. The Hall–Kier alpha value is -0.340. The van der Waals surface area contributed by atoms with E-state index in [1.165, 1.54) is 77.0 Å². The molecule has 0 heterocycles. The molecule has 0 aromatic carbocycles. The molecule has 0 aliphatic heterocycles. The van der Waals surface area contributed by atoms with Crippen molar-refractivity contribution in [3.05, 3.63) is 11.6 Å². The normalized spacial score (nSPS) is 39.6. The summed E-state index contributed by atoms with van der Waals surface area (Å²) in [4.78, 5) is 0. The second kappa shape index (κ2) is 12.0. The van der Waals surface area contributed by atoms with Crippen LogP contribution < -0.4 is 0 Å². The van der Waals surface area contributed by atoms with Crippen molar-refractivity contribution in [1.82, 2.24) is 0 Å². The maximum absolute atomic E-state index is 8.95. The molecule has 3 fully saturated rings. The summed E-state index contributed by atoms with van der Waals surface area (Å²) in [5.74, 6) is 5.52. The summed E-state index contributed by atoms with van der Waals surface area (Å²) in [6, 6.07) is 0. The van der Waals surface area contributed by atoms with E-state index >= 15 is 0 Å². The van der Waals surface area contributed by atoms with Crippen LogP contribution in [0, 0.1) is 46.3 Å². The van der Waals surface area contributed by atoms with Crippen LogP contribution in [0.15, 0.2) is 11.6 Å². The summed E-state index contributed by atoms with van der Waals surface area (Å²) in [7, 11) is 0. The molecule has 1 N–H and O–H groups in total. The fraction of sp³-hybridized carbons (Fsp3) is 0.939. The fourth-order valence-corrected chi connectivity index (χ4v) is 9.61. The van der Waals surface area contributed by atoms with E-state index in [1.54, 1.807) is 5.57 Å². The Morgan fingerprint density at radius 3 is 2.49 bits per heavy atom. The van der Waals surface area contributed by atoms with E-state index in [0.29, 0.717) is 23.5 Å². The largest absolute Gasteiger partial charge is 0.396 e. The van der Waals surface area contributed by atoms with Crippen LogP contribution in [0.25, 0.3) is 0 Å². The molecule has 0 saturated heterocycles. The number of aliphatic hydroxyl groups excluding tert-OH is 1. The van der Waals surface area contributed by atoms with E-state index in [-0.39, 0.29) is 0 Å². The smallest absolute Gasteiger partial charge is 0.0612 e. The number of hydrogen-bond acceptors (Lipinski definition) is 2. The first kappa shape index (κ1) is 27.7. The van der Waals surface area contributed by atoms with E-state index in [9.17, 15) is 0 Å². The van der Waals surface area contributed by atoms with Crippen molar-refractivity contribution in [1.29, 1.82) is 0 Å². The Balaban J connectivity index is 1.34. The van der Waals surface area contributed by atoms with Gasteiger partial charge in [-0.05, 0) is 111 Å². The Kier molecular flexibility index (Phi) is 9.51. The van der Waals surface area contributed by atoms with Gasteiger partial charge in [-0.1, -0.05) is 78.4 Å². The molecule has 3 saturated carbocycles. The number of allylic oxidation sites excluding steroid dienone is 1. The molecule has 35 heavy (non-hydrogen) atoms. The molecule has 3 unspecified atom stereocenters. The van der Waals surface area contributed by atoms with E-state index in [1.807, 2.05) is 0 Å². The summed E-state index contributed by atoms with van der Waals surface area (Å²) in [6.07, 6.45) is 22.9. The Morgan fingerprint density at radius 1 is 0.914 bits per heavy atom. The second-order valence-electron chi connectivity index (χ2n) is 14.2. The molecule has 8 atom stereocenters. The minimum absolute atomic E-state index is 0.330. The third-order valence-corrected chi connectivity index (χ3v) is 11.7. The van der Waals surface area contributed by atoms with Crippen LogP contribution in [-0.4, -0.2) is 24.4 Å². The SMILES string of the molecule is CC(C)CCC[C@@H](C)[C@H]1CCC2C3CC=C4C[C@@H](OCCCCCCO)CC[C@]4(C)C3CC[C@@]21C. The predicted molar refractivity (Wildman–Crippen MR) is 148 cm³/mol. The maximum atomic E-state index is 8.95. The summed E-state index contributed by atoms with van der Waals surface area (Å²) in [6.45, 7) is 14.0. The van der Waals surface area contributed by atoms with Gasteiger partial charge in [0.05, 0.1) is 6.10 Å². The van der Waals surface area contributed by atoms with Crippen LogP contribution >= 0.6 is 0 Å². The molecule has 4 rings (SSSR count). The van der Waals surface area contributed by atoms with Crippen LogP contribution in [-0.2, 0) is 4.74 Å². The topological polar surface area (TPSA) is 29.5 Å². The number of unbranched alkanes of at least 4 members (excludes halogenated alkanes) is 3. The maximum Gasteiger partial charge on any atom is 0.0612 e. The molecule has 0 bridgehead atoms. The number of rotatable bonds is 12. The lowest BCUT2D eigenvalue weighted by Gasteiger charge is -2.58. The molecule has 0 aromatic heterocycles. The molecule has 0 spiro atoms. The van der Waals surface area contributed by atoms with Crippen molar-refractivity contribution in [2.24, 2.45) is 46.3 Å². The van der Waals surface area contributed by atoms with Crippen LogP contribution in [0.3, 0.4) is 0 Å². The quantitative estimate of drug-likeness (QED) is 0.220. The number of hydrogen-bond donors (Lipinski definition) is 1. The first-order chi connectivity index (χ1) is 16.8. The molecule has 4 aliphatic rings. The Labute approximate surface area is 218 Å². The minimum Gasteiger partial charge on any atom is -0.396 e. The van der Waals surface area contributed by atoms with Crippen molar-refractivity contribution < 1.29 is 9.84 Å². The lowest BCUT2D eigenvalue weighted by Crippen LogP contribution is -2.51. The van der Waals surface area contributed by atoms with Crippen molar-refractivity contribution in [3.63, 3.8) is 0 Å². The molecule has 0 radical (unpaired) electrons. The van der Waals surface area contributed by atoms with Crippen molar-refractivity contribution in [2.45, 2.75) is 137 Å². The average molecular weight is 487 g/mol.